The van der Waals surface area contributed by atoms with Gasteiger partial charge in [0.2, 0.25) is 0 Å². The third-order valence-corrected chi connectivity index (χ3v) is 4.43. The van der Waals surface area contributed by atoms with Crippen LogP contribution in [0.5, 0.6) is 0 Å². The molecule has 1 unspecified atom stereocenters. The number of ether oxygens (including phenoxy) is 3. The Morgan fingerprint density at radius 2 is 1.32 bits per heavy atom. The lowest BCUT2D eigenvalue weighted by molar-refractivity contribution is -0.403. The Morgan fingerprint density at radius 3 is 1.84 bits per heavy atom. The minimum absolute atomic E-state index is 0.226. The number of unbranched alkanes of at least 4 members (excludes halogenated alkanes) is 5. The Hall–Kier alpha value is -0.200. The molecule has 0 spiro atoms. The first kappa shape index (κ1) is 24.8. The first-order valence-corrected chi connectivity index (χ1v) is 10.5. The van der Waals surface area contributed by atoms with Crippen molar-refractivity contribution in [3.8, 4) is 0 Å². The second-order valence-corrected chi connectivity index (χ2v) is 6.48. The van der Waals surface area contributed by atoms with E-state index in [1.54, 1.807) is 0 Å². The van der Waals surface area contributed by atoms with Gasteiger partial charge in [-0.1, -0.05) is 45.4 Å². The molecule has 0 saturated carbocycles. The second kappa shape index (κ2) is 17.2. The van der Waals surface area contributed by atoms with Crippen molar-refractivity contribution in [1.29, 1.82) is 0 Å². The lowest BCUT2D eigenvalue weighted by atomic mass is 9.94. The van der Waals surface area contributed by atoms with Crippen molar-refractivity contribution in [3.63, 3.8) is 0 Å². The lowest BCUT2D eigenvalue weighted by Gasteiger charge is -2.39. The number of rotatable bonds is 19. The normalized spacial score (nSPS) is 13.3. The van der Waals surface area contributed by atoms with Crippen LogP contribution in [0.25, 0.3) is 0 Å². The van der Waals surface area contributed by atoms with Gasteiger partial charge in [-0.25, -0.2) is 0 Å². The molecule has 25 heavy (non-hydrogen) atoms. The highest BCUT2D eigenvalue weighted by atomic mass is 16.9. The van der Waals surface area contributed by atoms with Gasteiger partial charge in [-0.2, -0.15) is 0 Å². The van der Waals surface area contributed by atoms with Crippen molar-refractivity contribution in [1.82, 2.24) is 5.32 Å². The fourth-order valence-corrected chi connectivity index (χ4v) is 3.25. The average molecular weight is 361 g/mol. The third-order valence-electron chi connectivity index (χ3n) is 4.43. The van der Waals surface area contributed by atoms with Crippen LogP contribution in [0.1, 0.15) is 79.1 Å². The van der Waals surface area contributed by atoms with Crippen LogP contribution in [0.2, 0.25) is 0 Å². The van der Waals surface area contributed by atoms with E-state index < -0.39 is 5.97 Å². The second-order valence-electron chi connectivity index (χ2n) is 6.48. The van der Waals surface area contributed by atoms with E-state index in [2.05, 4.69) is 12.2 Å². The highest BCUT2D eigenvalue weighted by molar-refractivity contribution is 4.74. The Morgan fingerprint density at radius 1 is 0.760 bits per heavy atom. The Labute approximate surface area is 156 Å². The van der Waals surface area contributed by atoms with E-state index in [0.29, 0.717) is 26.4 Å². The summed E-state index contributed by atoms with van der Waals surface area (Å²) in [6.07, 6.45) is 9.78. The van der Waals surface area contributed by atoms with Crippen LogP contribution in [-0.4, -0.2) is 45.4 Å². The SMILES string of the molecule is CCCCCCCCC(CCNCCN)C(OCC)(OCC)OCC. The predicted molar refractivity (Wildman–Crippen MR) is 106 cm³/mol. The van der Waals surface area contributed by atoms with Gasteiger partial charge in [0.25, 0.3) is 5.97 Å². The van der Waals surface area contributed by atoms with Gasteiger partial charge in [0, 0.05) is 38.8 Å². The summed E-state index contributed by atoms with van der Waals surface area (Å²) in [5.74, 6) is -0.685. The minimum Gasteiger partial charge on any atom is -0.329 e. The van der Waals surface area contributed by atoms with E-state index in [9.17, 15) is 0 Å². The van der Waals surface area contributed by atoms with Crippen LogP contribution in [0.3, 0.4) is 0 Å². The summed E-state index contributed by atoms with van der Waals surface area (Å²) < 4.78 is 18.1. The fraction of sp³-hybridized carbons (Fsp3) is 1.00. The van der Waals surface area contributed by atoms with Gasteiger partial charge in [-0.3, -0.25) is 0 Å². The van der Waals surface area contributed by atoms with Crippen LogP contribution in [0, 0.1) is 5.92 Å². The van der Waals surface area contributed by atoms with E-state index in [0.717, 1.165) is 25.9 Å². The fourth-order valence-electron chi connectivity index (χ4n) is 3.25. The smallest absolute Gasteiger partial charge is 0.285 e. The molecule has 5 nitrogen and oxygen atoms in total. The molecule has 0 heterocycles. The molecular weight excluding hydrogens is 316 g/mol. The molecule has 152 valence electrons. The van der Waals surface area contributed by atoms with Crippen LogP contribution in [0.4, 0.5) is 0 Å². The van der Waals surface area contributed by atoms with Crippen LogP contribution in [0.15, 0.2) is 0 Å². The summed E-state index contributed by atoms with van der Waals surface area (Å²) in [7, 11) is 0. The molecule has 0 aliphatic heterocycles. The molecule has 0 saturated heterocycles. The summed E-state index contributed by atoms with van der Waals surface area (Å²) in [5, 5.41) is 3.39. The van der Waals surface area contributed by atoms with Crippen molar-refractivity contribution in [2.24, 2.45) is 11.7 Å². The largest absolute Gasteiger partial charge is 0.329 e. The average Bonchev–Trinajstić information content (AvgIpc) is 2.60. The maximum absolute atomic E-state index is 6.03. The highest BCUT2D eigenvalue weighted by Crippen LogP contribution is 2.33. The number of hydrogen-bond acceptors (Lipinski definition) is 5. The van der Waals surface area contributed by atoms with Crippen LogP contribution < -0.4 is 11.1 Å². The van der Waals surface area contributed by atoms with Gasteiger partial charge >= 0.3 is 0 Å². The molecule has 0 aliphatic rings. The topological polar surface area (TPSA) is 65.7 Å². The van der Waals surface area contributed by atoms with Crippen LogP contribution >= 0.6 is 0 Å². The van der Waals surface area contributed by atoms with Crippen molar-refractivity contribution in [3.05, 3.63) is 0 Å². The number of nitrogens with one attached hydrogen (secondary N) is 1. The number of nitrogens with two attached hydrogens (primary N) is 1. The molecule has 0 aromatic carbocycles. The van der Waals surface area contributed by atoms with E-state index >= 15 is 0 Å². The Kier molecular flexibility index (Phi) is 17.1. The summed E-state index contributed by atoms with van der Waals surface area (Å²) in [4.78, 5) is 0. The Balaban J connectivity index is 4.75. The molecule has 0 aliphatic carbocycles. The minimum atomic E-state index is -0.911. The standard InChI is InChI=1S/C20H44N2O3/c1-5-9-10-11-12-13-14-19(15-17-22-18-16-21)20(23-6-2,24-7-3)25-8-4/h19,22H,5-18,21H2,1-4H3. The zero-order valence-electron chi connectivity index (χ0n) is 17.3. The molecule has 3 N–H and O–H groups in total. The molecule has 0 radical (unpaired) electrons. The molecule has 5 heteroatoms. The molecular formula is C20H44N2O3. The molecule has 0 aromatic rings. The highest BCUT2D eigenvalue weighted by Gasteiger charge is 2.41. The summed E-state index contributed by atoms with van der Waals surface area (Å²) in [5.41, 5.74) is 5.58. The van der Waals surface area contributed by atoms with E-state index in [4.69, 9.17) is 19.9 Å². The van der Waals surface area contributed by atoms with Crippen molar-refractivity contribution < 1.29 is 14.2 Å². The molecule has 0 aromatic heterocycles. The predicted octanol–water partition coefficient (Wildman–Crippen LogP) is 4.05. The molecule has 0 rings (SSSR count). The van der Waals surface area contributed by atoms with E-state index in [1.807, 2.05) is 20.8 Å². The number of hydrogen-bond donors (Lipinski definition) is 2. The molecule has 0 fully saturated rings. The van der Waals surface area contributed by atoms with Crippen molar-refractivity contribution in [2.45, 2.75) is 85.0 Å². The zero-order chi connectivity index (χ0) is 18.8. The maximum atomic E-state index is 6.03. The quantitative estimate of drug-likeness (QED) is 0.269. The van der Waals surface area contributed by atoms with Crippen LogP contribution in [-0.2, 0) is 14.2 Å². The first-order chi connectivity index (χ1) is 12.2. The van der Waals surface area contributed by atoms with Crippen molar-refractivity contribution in [2.75, 3.05) is 39.5 Å². The van der Waals surface area contributed by atoms with Gasteiger partial charge in [0.1, 0.15) is 0 Å². The van der Waals surface area contributed by atoms with E-state index in [-0.39, 0.29) is 5.92 Å². The molecule has 0 bridgehead atoms. The Bertz CT molecular complexity index is 261. The molecule has 0 amide bonds. The summed E-state index contributed by atoms with van der Waals surface area (Å²) >= 11 is 0. The van der Waals surface area contributed by atoms with Gasteiger partial charge < -0.3 is 25.3 Å². The maximum Gasteiger partial charge on any atom is 0.285 e. The third kappa shape index (κ3) is 11.2. The monoisotopic (exact) mass is 360 g/mol. The lowest BCUT2D eigenvalue weighted by Crippen LogP contribution is -2.47. The summed E-state index contributed by atoms with van der Waals surface area (Å²) in [6.45, 7) is 12.4. The van der Waals surface area contributed by atoms with Gasteiger partial charge in [0.15, 0.2) is 0 Å². The van der Waals surface area contributed by atoms with Gasteiger partial charge in [0.05, 0.1) is 0 Å². The summed E-state index contributed by atoms with van der Waals surface area (Å²) in [6, 6.07) is 0. The molecule has 1 atom stereocenters. The van der Waals surface area contributed by atoms with E-state index in [1.165, 1.54) is 38.5 Å². The zero-order valence-corrected chi connectivity index (χ0v) is 17.3. The van der Waals surface area contributed by atoms with Gasteiger partial charge in [-0.05, 0) is 40.2 Å². The first-order valence-electron chi connectivity index (χ1n) is 10.5. The van der Waals surface area contributed by atoms with Gasteiger partial charge in [-0.15, -0.1) is 0 Å². The van der Waals surface area contributed by atoms with Crippen molar-refractivity contribution >= 4 is 0 Å².